The molecule has 0 spiro atoms. The van der Waals surface area contributed by atoms with Crippen LogP contribution in [0.2, 0.25) is 5.15 Å². The van der Waals surface area contributed by atoms with Crippen LogP contribution in [0.5, 0.6) is 5.75 Å². The molecule has 0 radical (unpaired) electrons. The Kier molecular flexibility index (Phi) is 3.01. The van der Waals surface area contributed by atoms with Gasteiger partial charge in [0.25, 0.3) is 0 Å². The van der Waals surface area contributed by atoms with Crippen molar-refractivity contribution in [1.82, 2.24) is 9.78 Å². The SMILES string of the molecule is O=C(O)c1cnn(Cc2ccccc2O)c1Cl. The molecule has 5 nitrogen and oxygen atoms in total. The van der Waals surface area contributed by atoms with Crippen LogP contribution >= 0.6 is 11.6 Å². The molecule has 6 heteroatoms. The van der Waals surface area contributed by atoms with E-state index in [9.17, 15) is 9.90 Å². The van der Waals surface area contributed by atoms with E-state index in [0.29, 0.717) is 5.56 Å². The molecule has 17 heavy (non-hydrogen) atoms. The minimum Gasteiger partial charge on any atom is -0.508 e. The lowest BCUT2D eigenvalue weighted by Crippen LogP contribution is -2.03. The van der Waals surface area contributed by atoms with Crippen LogP contribution in [0, 0.1) is 0 Å². The van der Waals surface area contributed by atoms with Crippen LogP contribution in [0.4, 0.5) is 0 Å². The van der Waals surface area contributed by atoms with E-state index in [-0.39, 0.29) is 23.0 Å². The zero-order chi connectivity index (χ0) is 12.4. The second-order valence-electron chi connectivity index (χ2n) is 3.44. The zero-order valence-electron chi connectivity index (χ0n) is 8.67. The number of carbonyl (C=O) groups is 1. The van der Waals surface area contributed by atoms with E-state index in [2.05, 4.69) is 5.10 Å². The van der Waals surface area contributed by atoms with Crippen LogP contribution in [0.1, 0.15) is 15.9 Å². The average Bonchev–Trinajstić information content (AvgIpc) is 2.64. The molecule has 2 rings (SSSR count). The Bertz CT molecular complexity index is 566. The molecule has 0 aliphatic carbocycles. The molecule has 1 aromatic carbocycles. The summed E-state index contributed by atoms with van der Waals surface area (Å²) in [5.74, 6) is -1.01. The van der Waals surface area contributed by atoms with Crippen molar-refractivity contribution in [1.29, 1.82) is 0 Å². The lowest BCUT2D eigenvalue weighted by atomic mass is 10.2. The van der Waals surface area contributed by atoms with Gasteiger partial charge in [-0.15, -0.1) is 0 Å². The maximum atomic E-state index is 10.8. The standard InChI is InChI=1S/C11H9ClN2O3/c12-10-8(11(16)17)5-13-14(10)6-7-3-1-2-4-9(7)15/h1-5,15H,6H2,(H,16,17). The summed E-state index contributed by atoms with van der Waals surface area (Å²) in [4.78, 5) is 10.8. The molecule has 0 atom stereocenters. The van der Waals surface area contributed by atoms with Gasteiger partial charge in [-0.1, -0.05) is 29.8 Å². The number of benzene rings is 1. The smallest absolute Gasteiger partial charge is 0.340 e. The van der Waals surface area contributed by atoms with Crippen LogP contribution in [-0.2, 0) is 6.54 Å². The third-order valence-corrected chi connectivity index (χ3v) is 2.72. The molecule has 0 saturated heterocycles. The number of phenols is 1. The van der Waals surface area contributed by atoms with Crippen molar-refractivity contribution in [3.63, 3.8) is 0 Å². The fourth-order valence-electron chi connectivity index (χ4n) is 1.43. The molecule has 88 valence electrons. The highest BCUT2D eigenvalue weighted by Crippen LogP contribution is 2.21. The topological polar surface area (TPSA) is 75.3 Å². The quantitative estimate of drug-likeness (QED) is 0.876. The number of carboxylic acids is 1. The molecule has 0 amide bonds. The summed E-state index contributed by atoms with van der Waals surface area (Å²) in [6, 6.07) is 6.73. The third-order valence-electron chi connectivity index (χ3n) is 2.32. The minimum atomic E-state index is -1.13. The maximum Gasteiger partial charge on any atom is 0.340 e. The Morgan fingerprint density at radius 1 is 1.41 bits per heavy atom. The van der Waals surface area contributed by atoms with E-state index in [1.54, 1.807) is 24.3 Å². The zero-order valence-corrected chi connectivity index (χ0v) is 9.42. The van der Waals surface area contributed by atoms with Gasteiger partial charge in [0, 0.05) is 5.56 Å². The first-order valence-corrected chi connectivity index (χ1v) is 5.19. The number of rotatable bonds is 3. The van der Waals surface area contributed by atoms with Gasteiger partial charge in [-0.3, -0.25) is 0 Å². The second-order valence-corrected chi connectivity index (χ2v) is 3.80. The van der Waals surface area contributed by atoms with Crippen molar-refractivity contribution >= 4 is 17.6 Å². The Morgan fingerprint density at radius 2 is 2.12 bits per heavy atom. The Labute approximate surface area is 102 Å². The van der Waals surface area contributed by atoms with E-state index in [4.69, 9.17) is 16.7 Å². The molecule has 1 heterocycles. The third kappa shape index (κ3) is 2.24. The summed E-state index contributed by atoms with van der Waals surface area (Å²) >= 11 is 5.86. The van der Waals surface area contributed by atoms with Crippen molar-refractivity contribution in [2.24, 2.45) is 0 Å². The van der Waals surface area contributed by atoms with Gasteiger partial charge in [0.2, 0.25) is 0 Å². The molecule has 2 aromatic rings. The summed E-state index contributed by atoms with van der Waals surface area (Å²) < 4.78 is 1.32. The van der Waals surface area contributed by atoms with Gasteiger partial charge < -0.3 is 10.2 Å². The number of para-hydroxylation sites is 1. The molecule has 0 fully saturated rings. The number of nitrogens with zero attached hydrogens (tertiary/aromatic N) is 2. The predicted molar refractivity (Wildman–Crippen MR) is 61.4 cm³/mol. The first-order valence-electron chi connectivity index (χ1n) is 4.81. The molecule has 0 aliphatic rings. The van der Waals surface area contributed by atoms with E-state index >= 15 is 0 Å². The van der Waals surface area contributed by atoms with E-state index in [1.165, 1.54) is 10.9 Å². The highest BCUT2D eigenvalue weighted by atomic mass is 35.5. The Hall–Kier alpha value is -2.01. The number of hydrogen-bond donors (Lipinski definition) is 2. The van der Waals surface area contributed by atoms with Crippen molar-refractivity contribution in [2.45, 2.75) is 6.54 Å². The largest absolute Gasteiger partial charge is 0.508 e. The van der Waals surface area contributed by atoms with Gasteiger partial charge in [0.15, 0.2) is 0 Å². The highest BCUT2D eigenvalue weighted by Gasteiger charge is 2.15. The summed E-state index contributed by atoms with van der Waals surface area (Å²) in [5.41, 5.74) is 0.566. The van der Waals surface area contributed by atoms with Crippen LogP contribution in [0.15, 0.2) is 30.5 Å². The summed E-state index contributed by atoms with van der Waals surface area (Å²) in [5, 5.41) is 22.3. The number of hydrogen-bond acceptors (Lipinski definition) is 3. The predicted octanol–water partition coefficient (Wildman–Crippen LogP) is 1.99. The number of phenolic OH excluding ortho intramolecular Hbond substituents is 1. The van der Waals surface area contributed by atoms with Gasteiger partial charge in [-0.2, -0.15) is 5.10 Å². The van der Waals surface area contributed by atoms with Crippen LogP contribution in [0.25, 0.3) is 0 Å². The van der Waals surface area contributed by atoms with Gasteiger partial charge in [0.1, 0.15) is 16.5 Å². The molecule has 0 unspecified atom stereocenters. The average molecular weight is 253 g/mol. The minimum absolute atomic E-state index is 0.0424. The summed E-state index contributed by atoms with van der Waals surface area (Å²) in [7, 11) is 0. The van der Waals surface area contributed by atoms with Crippen molar-refractivity contribution < 1.29 is 15.0 Å². The maximum absolute atomic E-state index is 10.8. The molecule has 0 bridgehead atoms. The monoisotopic (exact) mass is 252 g/mol. The molecule has 0 aliphatic heterocycles. The van der Waals surface area contributed by atoms with Gasteiger partial charge in [-0.05, 0) is 6.07 Å². The highest BCUT2D eigenvalue weighted by molar-refractivity contribution is 6.32. The molecule has 1 aromatic heterocycles. The van der Waals surface area contributed by atoms with Crippen molar-refractivity contribution in [2.75, 3.05) is 0 Å². The Morgan fingerprint density at radius 3 is 2.71 bits per heavy atom. The fourth-order valence-corrected chi connectivity index (χ4v) is 1.66. The molecular formula is C11H9ClN2O3. The summed E-state index contributed by atoms with van der Waals surface area (Å²) in [6.07, 6.45) is 1.19. The van der Waals surface area contributed by atoms with Gasteiger partial charge >= 0.3 is 5.97 Å². The number of carboxylic acid groups (broad SMARTS) is 1. The van der Waals surface area contributed by atoms with Crippen molar-refractivity contribution in [3.8, 4) is 5.75 Å². The summed E-state index contributed by atoms with van der Waals surface area (Å²) in [6.45, 7) is 0.221. The van der Waals surface area contributed by atoms with Gasteiger partial charge in [-0.25, -0.2) is 9.48 Å². The van der Waals surface area contributed by atoms with Crippen LogP contribution in [0.3, 0.4) is 0 Å². The van der Waals surface area contributed by atoms with Crippen LogP contribution < -0.4 is 0 Å². The lowest BCUT2D eigenvalue weighted by Gasteiger charge is -2.05. The number of aromatic nitrogens is 2. The number of halogens is 1. The number of aromatic hydroxyl groups is 1. The van der Waals surface area contributed by atoms with E-state index in [1.807, 2.05) is 0 Å². The molecule has 0 saturated carbocycles. The lowest BCUT2D eigenvalue weighted by molar-refractivity contribution is 0.0697. The van der Waals surface area contributed by atoms with Crippen molar-refractivity contribution in [3.05, 3.63) is 46.7 Å². The second kappa shape index (κ2) is 4.47. The fraction of sp³-hybridized carbons (Fsp3) is 0.0909. The van der Waals surface area contributed by atoms with E-state index in [0.717, 1.165) is 0 Å². The van der Waals surface area contributed by atoms with Crippen LogP contribution in [-0.4, -0.2) is 26.0 Å². The number of aromatic carboxylic acids is 1. The normalized spacial score (nSPS) is 10.4. The first-order chi connectivity index (χ1) is 8.09. The first kappa shape index (κ1) is 11.5. The molecular weight excluding hydrogens is 244 g/mol. The Balaban J connectivity index is 2.31. The molecule has 2 N–H and O–H groups in total. The van der Waals surface area contributed by atoms with E-state index < -0.39 is 5.97 Å². The van der Waals surface area contributed by atoms with Gasteiger partial charge in [0.05, 0.1) is 12.7 Å².